The summed E-state index contributed by atoms with van der Waals surface area (Å²) in [5, 5.41) is 7.03. The van der Waals surface area contributed by atoms with Gasteiger partial charge >= 0.3 is 0 Å². The van der Waals surface area contributed by atoms with Crippen molar-refractivity contribution >= 4 is 21.6 Å². The standard InChI is InChI=1S/C21H24N4O3S/c1-21(2,3)24-29(27,28)19-11-9-17(10-12-19)20(26)23-18-13-22-25(15-18)14-16-7-5-4-6-8-16/h4-13,15,24H,14H2,1-3H3,(H,23,26). The minimum Gasteiger partial charge on any atom is -0.319 e. The average Bonchev–Trinajstić information content (AvgIpc) is 3.07. The number of nitrogens with one attached hydrogen (secondary N) is 2. The zero-order valence-corrected chi connectivity index (χ0v) is 17.4. The van der Waals surface area contributed by atoms with E-state index in [1.165, 1.54) is 24.3 Å². The second kappa shape index (κ2) is 8.18. The van der Waals surface area contributed by atoms with E-state index in [-0.39, 0.29) is 10.8 Å². The van der Waals surface area contributed by atoms with Gasteiger partial charge in [-0.2, -0.15) is 5.10 Å². The number of carbonyl (C=O) groups is 1. The number of hydrogen-bond acceptors (Lipinski definition) is 4. The molecule has 152 valence electrons. The monoisotopic (exact) mass is 412 g/mol. The highest BCUT2D eigenvalue weighted by Gasteiger charge is 2.22. The molecule has 1 amide bonds. The molecule has 7 nitrogen and oxygen atoms in total. The van der Waals surface area contributed by atoms with Crippen molar-refractivity contribution in [3.8, 4) is 0 Å². The van der Waals surface area contributed by atoms with Crippen LogP contribution in [0.25, 0.3) is 0 Å². The van der Waals surface area contributed by atoms with Crippen molar-refractivity contribution < 1.29 is 13.2 Å². The minimum absolute atomic E-state index is 0.111. The van der Waals surface area contributed by atoms with E-state index in [1.807, 2.05) is 30.3 Å². The van der Waals surface area contributed by atoms with Gasteiger partial charge in [-0.05, 0) is 50.6 Å². The fourth-order valence-corrected chi connectivity index (χ4v) is 4.15. The lowest BCUT2D eigenvalue weighted by atomic mass is 10.1. The first-order chi connectivity index (χ1) is 13.6. The zero-order valence-electron chi connectivity index (χ0n) is 16.6. The Balaban J connectivity index is 1.66. The molecule has 0 saturated carbocycles. The van der Waals surface area contributed by atoms with Gasteiger partial charge in [-0.15, -0.1) is 0 Å². The molecule has 0 spiro atoms. The number of aromatic nitrogens is 2. The Bertz CT molecular complexity index is 1080. The lowest BCUT2D eigenvalue weighted by molar-refractivity contribution is 0.102. The van der Waals surface area contributed by atoms with E-state index in [0.717, 1.165) is 5.56 Å². The van der Waals surface area contributed by atoms with Gasteiger partial charge in [0.15, 0.2) is 0 Å². The molecular weight excluding hydrogens is 388 g/mol. The molecular formula is C21H24N4O3S. The quantitative estimate of drug-likeness (QED) is 0.650. The molecule has 0 unspecified atom stereocenters. The minimum atomic E-state index is -3.64. The van der Waals surface area contributed by atoms with Gasteiger partial charge in [0.05, 0.1) is 23.3 Å². The van der Waals surface area contributed by atoms with Gasteiger partial charge in [-0.25, -0.2) is 13.1 Å². The molecule has 0 radical (unpaired) electrons. The number of nitrogens with zero attached hydrogens (tertiary/aromatic N) is 2. The number of carbonyl (C=O) groups excluding carboxylic acids is 1. The van der Waals surface area contributed by atoms with Crippen molar-refractivity contribution in [3.05, 3.63) is 78.1 Å². The highest BCUT2D eigenvalue weighted by molar-refractivity contribution is 7.89. The van der Waals surface area contributed by atoms with E-state index < -0.39 is 15.6 Å². The molecule has 0 saturated heterocycles. The maximum Gasteiger partial charge on any atom is 0.255 e. The molecule has 0 aliphatic carbocycles. The van der Waals surface area contributed by atoms with E-state index in [4.69, 9.17) is 0 Å². The molecule has 0 fully saturated rings. The number of rotatable bonds is 6. The van der Waals surface area contributed by atoms with Crippen molar-refractivity contribution in [1.29, 1.82) is 0 Å². The third kappa shape index (κ3) is 5.75. The fraction of sp³-hybridized carbons (Fsp3) is 0.238. The van der Waals surface area contributed by atoms with Crippen LogP contribution in [0.1, 0.15) is 36.7 Å². The van der Waals surface area contributed by atoms with Gasteiger partial charge in [0.2, 0.25) is 10.0 Å². The summed E-state index contributed by atoms with van der Waals surface area (Å²) in [4.78, 5) is 12.6. The number of amides is 1. The van der Waals surface area contributed by atoms with E-state index in [9.17, 15) is 13.2 Å². The summed E-state index contributed by atoms with van der Waals surface area (Å²) in [5.74, 6) is -0.336. The van der Waals surface area contributed by atoms with Crippen LogP contribution in [0.15, 0.2) is 71.9 Å². The Hall–Kier alpha value is -2.97. The number of hydrogen-bond donors (Lipinski definition) is 2. The first-order valence-corrected chi connectivity index (χ1v) is 10.6. The normalized spacial score (nSPS) is 12.0. The van der Waals surface area contributed by atoms with Gasteiger partial charge in [-0.3, -0.25) is 9.48 Å². The van der Waals surface area contributed by atoms with E-state index in [2.05, 4.69) is 15.1 Å². The molecule has 1 heterocycles. The Labute approximate surface area is 170 Å². The third-order valence-corrected chi connectivity index (χ3v) is 5.72. The van der Waals surface area contributed by atoms with Crippen molar-refractivity contribution in [2.45, 2.75) is 37.8 Å². The Morgan fingerprint density at radius 2 is 1.69 bits per heavy atom. The van der Waals surface area contributed by atoms with Gasteiger partial charge in [0.1, 0.15) is 0 Å². The molecule has 1 aromatic heterocycles. The molecule has 3 rings (SSSR count). The molecule has 2 N–H and O–H groups in total. The molecule has 0 atom stereocenters. The summed E-state index contributed by atoms with van der Waals surface area (Å²) in [7, 11) is -3.64. The number of benzene rings is 2. The highest BCUT2D eigenvalue weighted by atomic mass is 32.2. The lowest BCUT2D eigenvalue weighted by Crippen LogP contribution is -2.40. The molecule has 2 aromatic carbocycles. The summed E-state index contributed by atoms with van der Waals surface area (Å²) >= 11 is 0. The van der Waals surface area contributed by atoms with E-state index in [1.54, 1.807) is 37.8 Å². The Kier molecular flexibility index (Phi) is 5.86. The lowest BCUT2D eigenvalue weighted by Gasteiger charge is -2.20. The second-order valence-electron chi connectivity index (χ2n) is 7.75. The average molecular weight is 413 g/mol. The van der Waals surface area contributed by atoms with Crippen LogP contribution in [0.3, 0.4) is 0 Å². The van der Waals surface area contributed by atoms with Gasteiger partial charge in [0.25, 0.3) is 5.91 Å². The van der Waals surface area contributed by atoms with Crippen LogP contribution in [-0.2, 0) is 16.6 Å². The highest BCUT2D eigenvalue weighted by Crippen LogP contribution is 2.15. The SMILES string of the molecule is CC(C)(C)NS(=O)(=O)c1ccc(C(=O)Nc2cnn(Cc3ccccc3)c2)cc1. The Morgan fingerprint density at radius 1 is 1.03 bits per heavy atom. The van der Waals surface area contributed by atoms with Gasteiger partial charge in [-0.1, -0.05) is 30.3 Å². The van der Waals surface area contributed by atoms with Crippen LogP contribution in [-0.4, -0.2) is 29.6 Å². The van der Waals surface area contributed by atoms with Crippen LogP contribution < -0.4 is 10.0 Å². The number of anilines is 1. The predicted molar refractivity (Wildman–Crippen MR) is 112 cm³/mol. The van der Waals surface area contributed by atoms with E-state index in [0.29, 0.717) is 17.8 Å². The largest absolute Gasteiger partial charge is 0.319 e. The predicted octanol–water partition coefficient (Wildman–Crippen LogP) is 3.26. The van der Waals surface area contributed by atoms with Crippen molar-refractivity contribution in [3.63, 3.8) is 0 Å². The van der Waals surface area contributed by atoms with Crippen LogP contribution in [0, 0.1) is 0 Å². The van der Waals surface area contributed by atoms with Crippen LogP contribution >= 0.6 is 0 Å². The summed E-state index contributed by atoms with van der Waals surface area (Å²) in [6.07, 6.45) is 3.32. The van der Waals surface area contributed by atoms with Crippen molar-refractivity contribution in [1.82, 2.24) is 14.5 Å². The Morgan fingerprint density at radius 3 is 2.31 bits per heavy atom. The number of sulfonamides is 1. The summed E-state index contributed by atoms with van der Waals surface area (Å²) < 4.78 is 29.0. The van der Waals surface area contributed by atoms with Gasteiger partial charge < -0.3 is 5.32 Å². The fourth-order valence-electron chi connectivity index (χ4n) is 2.74. The smallest absolute Gasteiger partial charge is 0.255 e. The van der Waals surface area contributed by atoms with E-state index >= 15 is 0 Å². The molecule has 3 aromatic rings. The van der Waals surface area contributed by atoms with Gasteiger partial charge in [0, 0.05) is 17.3 Å². The topological polar surface area (TPSA) is 93.1 Å². The molecule has 29 heavy (non-hydrogen) atoms. The molecule has 0 bridgehead atoms. The van der Waals surface area contributed by atoms with Crippen molar-refractivity contribution in [2.24, 2.45) is 0 Å². The summed E-state index contributed by atoms with van der Waals surface area (Å²) in [6.45, 7) is 5.91. The molecule has 8 heteroatoms. The second-order valence-corrected chi connectivity index (χ2v) is 9.43. The zero-order chi connectivity index (χ0) is 21.1. The first kappa shape index (κ1) is 20.8. The van der Waals surface area contributed by atoms with Crippen molar-refractivity contribution in [2.75, 3.05) is 5.32 Å². The van der Waals surface area contributed by atoms with Crippen LogP contribution in [0.5, 0.6) is 0 Å². The first-order valence-electron chi connectivity index (χ1n) is 9.14. The summed E-state index contributed by atoms with van der Waals surface area (Å²) in [6, 6.07) is 15.7. The molecule has 0 aliphatic heterocycles. The molecule has 0 aliphatic rings. The maximum absolute atomic E-state index is 12.5. The third-order valence-electron chi connectivity index (χ3n) is 3.95. The summed E-state index contributed by atoms with van der Waals surface area (Å²) in [5.41, 5.74) is 1.44. The maximum atomic E-state index is 12.5. The van der Waals surface area contributed by atoms with Crippen LogP contribution in [0.2, 0.25) is 0 Å². The van der Waals surface area contributed by atoms with Crippen LogP contribution in [0.4, 0.5) is 5.69 Å².